The Bertz CT molecular complexity index is 1280. The standard InChI is InChI=1S/C34H51N3O3/c1-20(2)27-23(38)17-34(36-29(40)22-18-37(8)19-35-22)16-15-32(6)21(28(27)34)9-10-25-31(5)13-12-26(39)30(3,4)24(31)11-14-33(25,32)7/h18-21,24-26,39H,9-17H2,1-8H3,(H,36,40)/t21?,24?,25?,26-,31?,32+,33?,34?/m0/s1. The maximum absolute atomic E-state index is 13.7. The molecule has 8 atom stereocenters. The monoisotopic (exact) mass is 549 g/mol. The van der Waals surface area contributed by atoms with Crippen molar-refractivity contribution >= 4 is 11.7 Å². The molecular weight excluding hydrogens is 498 g/mol. The van der Waals surface area contributed by atoms with E-state index >= 15 is 0 Å². The minimum absolute atomic E-state index is 0.0589. The SMILES string of the molecule is CC(C)C1=C2C3CCC4C5(C)CC[C@H](O)C(C)(C)C5CCC4(C)[C@]3(C)CCC2(NC(=O)c2cn(C)cn2)CC1=O. The minimum Gasteiger partial charge on any atom is -0.393 e. The van der Waals surface area contributed by atoms with Gasteiger partial charge in [-0.1, -0.05) is 48.5 Å². The third-order valence-electron chi connectivity index (χ3n) is 13.7. The first kappa shape index (κ1) is 28.2. The van der Waals surface area contributed by atoms with E-state index in [0.29, 0.717) is 24.0 Å². The van der Waals surface area contributed by atoms with Crippen LogP contribution in [0.5, 0.6) is 0 Å². The Kier molecular flexibility index (Phi) is 6.19. The highest BCUT2D eigenvalue weighted by Crippen LogP contribution is 2.75. The number of aliphatic hydroxyl groups excluding tert-OH is 1. The van der Waals surface area contributed by atoms with E-state index in [0.717, 1.165) is 50.5 Å². The number of Topliss-reactive ketones (excluding diaryl/α,β-unsaturated/α-hetero) is 1. The third-order valence-corrected chi connectivity index (χ3v) is 13.7. The van der Waals surface area contributed by atoms with Crippen LogP contribution in [0.15, 0.2) is 23.7 Å². The predicted molar refractivity (Wildman–Crippen MR) is 156 cm³/mol. The number of carbonyl (C=O) groups is 2. The number of aromatic nitrogens is 2. The molecule has 1 aromatic rings. The fourth-order valence-corrected chi connectivity index (χ4v) is 11.6. The lowest BCUT2D eigenvalue weighted by molar-refractivity contribution is -0.226. The summed E-state index contributed by atoms with van der Waals surface area (Å²) in [5, 5.41) is 14.4. The van der Waals surface area contributed by atoms with Gasteiger partial charge in [-0.05, 0) is 108 Å². The van der Waals surface area contributed by atoms with E-state index in [-0.39, 0.29) is 51.3 Å². The van der Waals surface area contributed by atoms with Gasteiger partial charge in [0.1, 0.15) is 5.69 Å². The summed E-state index contributed by atoms with van der Waals surface area (Å²) in [5.74, 6) is 1.61. The largest absolute Gasteiger partial charge is 0.393 e. The van der Waals surface area contributed by atoms with Crippen molar-refractivity contribution < 1.29 is 14.7 Å². The fraction of sp³-hybridized carbons (Fsp3) is 0.794. The number of amides is 1. The van der Waals surface area contributed by atoms with Gasteiger partial charge in [-0.2, -0.15) is 0 Å². The number of imidazole rings is 1. The van der Waals surface area contributed by atoms with Gasteiger partial charge in [0.25, 0.3) is 5.91 Å². The quantitative estimate of drug-likeness (QED) is 0.467. The van der Waals surface area contributed by atoms with Crippen LogP contribution in [0.4, 0.5) is 0 Å². The summed E-state index contributed by atoms with van der Waals surface area (Å²) in [6.45, 7) is 16.6. The van der Waals surface area contributed by atoms with Crippen molar-refractivity contribution in [1.82, 2.24) is 14.9 Å². The fourth-order valence-electron chi connectivity index (χ4n) is 11.6. The molecule has 5 aliphatic rings. The van der Waals surface area contributed by atoms with E-state index in [4.69, 9.17) is 0 Å². The number of fused-ring (bicyclic) bond motifs is 7. The van der Waals surface area contributed by atoms with Gasteiger partial charge in [-0.3, -0.25) is 9.59 Å². The molecule has 4 saturated carbocycles. The zero-order valence-corrected chi connectivity index (χ0v) is 26.1. The van der Waals surface area contributed by atoms with Gasteiger partial charge in [0.05, 0.1) is 18.0 Å². The molecule has 6 nitrogen and oxygen atoms in total. The molecule has 1 heterocycles. The highest BCUT2D eigenvalue weighted by atomic mass is 16.3. The summed E-state index contributed by atoms with van der Waals surface area (Å²) in [6, 6.07) is 0. The summed E-state index contributed by atoms with van der Waals surface area (Å²) in [7, 11) is 1.87. The Labute approximate surface area is 240 Å². The molecule has 6 heteroatoms. The number of nitrogens with zero attached hydrogens (tertiary/aromatic N) is 2. The molecule has 6 unspecified atom stereocenters. The first-order valence-corrected chi connectivity index (χ1v) is 15.9. The van der Waals surface area contributed by atoms with Gasteiger partial charge in [0.15, 0.2) is 5.78 Å². The average molecular weight is 550 g/mol. The normalized spacial score (nSPS) is 44.1. The predicted octanol–water partition coefficient (Wildman–Crippen LogP) is 6.24. The molecule has 0 saturated heterocycles. The third kappa shape index (κ3) is 3.53. The molecule has 40 heavy (non-hydrogen) atoms. The van der Waals surface area contributed by atoms with Crippen LogP contribution in [-0.2, 0) is 11.8 Å². The molecule has 4 fully saturated rings. The van der Waals surface area contributed by atoms with Crippen molar-refractivity contribution in [3.8, 4) is 0 Å². The van der Waals surface area contributed by atoms with Gasteiger partial charge in [0.2, 0.25) is 0 Å². The summed E-state index contributed by atoms with van der Waals surface area (Å²) < 4.78 is 1.80. The summed E-state index contributed by atoms with van der Waals surface area (Å²) in [6.07, 6.45) is 12.0. The first-order valence-electron chi connectivity index (χ1n) is 15.9. The molecule has 0 spiro atoms. The Hall–Kier alpha value is -1.95. The van der Waals surface area contributed by atoms with Crippen molar-refractivity contribution in [3.05, 3.63) is 29.4 Å². The number of aryl methyl sites for hydroxylation is 1. The number of hydrogen-bond donors (Lipinski definition) is 2. The number of hydrogen-bond acceptors (Lipinski definition) is 4. The molecule has 0 aliphatic heterocycles. The van der Waals surface area contributed by atoms with Gasteiger partial charge in [0, 0.05) is 19.7 Å². The van der Waals surface area contributed by atoms with E-state index in [1.165, 1.54) is 12.0 Å². The zero-order chi connectivity index (χ0) is 29.0. The van der Waals surface area contributed by atoms with Crippen LogP contribution >= 0.6 is 0 Å². The van der Waals surface area contributed by atoms with E-state index in [1.807, 2.05) is 7.05 Å². The highest BCUT2D eigenvalue weighted by molar-refractivity contribution is 6.03. The van der Waals surface area contributed by atoms with Crippen molar-refractivity contribution in [2.75, 3.05) is 0 Å². The van der Waals surface area contributed by atoms with E-state index in [9.17, 15) is 14.7 Å². The maximum Gasteiger partial charge on any atom is 0.272 e. The minimum atomic E-state index is -0.600. The van der Waals surface area contributed by atoms with Crippen LogP contribution in [-0.4, -0.2) is 38.0 Å². The van der Waals surface area contributed by atoms with Crippen molar-refractivity contribution in [1.29, 1.82) is 0 Å². The van der Waals surface area contributed by atoms with Gasteiger partial charge in [-0.25, -0.2) is 4.98 Å². The van der Waals surface area contributed by atoms with E-state index in [2.05, 4.69) is 58.8 Å². The number of rotatable bonds is 3. The van der Waals surface area contributed by atoms with Crippen molar-refractivity contribution in [2.24, 2.45) is 52.4 Å². The van der Waals surface area contributed by atoms with Crippen LogP contribution in [0.2, 0.25) is 0 Å². The molecule has 0 bridgehead atoms. The molecule has 220 valence electrons. The smallest absolute Gasteiger partial charge is 0.272 e. The summed E-state index contributed by atoms with van der Waals surface area (Å²) >= 11 is 0. The lowest BCUT2D eigenvalue weighted by Gasteiger charge is -2.72. The lowest BCUT2D eigenvalue weighted by Crippen LogP contribution is -2.67. The van der Waals surface area contributed by atoms with Crippen LogP contribution in [0.1, 0.15) is 117 Å². The zero-order valence-electron chi connectivity index (χ0n) is 26.1. The topological polar surface area (TPSA) is 84.2 Å². The molecule has 0 radical (unpaired) electrons. The van der Waals surface area contributed by atoms with Crippen LogP contribution < -0.4 is 5.32 Å². The number of allylic oxidation sites excluding steroid dienone is 1. The molecule has 0 aromatic carbocycles. The molecule has 1 aromatic heterocycles. The second-order valence-corrected chi connectivity index (χ2v) is 16.0. The van der Waals surface area contributed by atoms with Crippen molar-refractivity contribution in [3.63, 3.8) is 0 Å². The molecule has 6 rings (SSSR count). The van der Waals surface area contributed by atoms with Crippen LogP contribution in [0, 0.1) is 45.3 Å². The second kappa shape index (κ2) is 8.78. The van der Waals surface area contributed by atoms with Gasteiger partial charge >= 0.3 is 0 Å². The van der Waals surface area contributed by atoms with Crippen LogP contribution in [0.25, 0.3) is 0 Å². The second-order valence-electron chi connectivity index (χ2n) is 16.0. The number of nitrogens with one attached hydrogen (secondary N) is 1. The summed E-state index contributed by atoms with van der Waals surface area (Å²) in [5.41, 5.74) is 2.43. The molecule has 2 N–H and O–H groups in total. The Morgan fingerprint density at radius 3 is 2.38 bits per heavy atom. The number of ketones is 1. The van der Waals surface area contributed by atoms with Gasteiger partial charge < -0.3 is 15.0 Å². The van der Waals surface area contributed by atoms with E-state index in [1.54, 1.807) is 17.1 Å². The first-order chi connectivity index (χ1) is 18.6. The number of aliphatic hydroxyl groups is 1. The van der Waals surface area contributed by atoms with Crippen molar-refractivity contribution in [2.45, 2.75) is 118 Å². The van der Waals surface area contributed by atoms with E-state index < -0.39 is 5.54 Å². The Morgan fingerprint density at radius 2 is 1.73 bits per heavy atom. The number of carbonyl (C=O) groups excluding carboxylic acids is 2. The molecule has 5 aliphatic carbocycles. The molecule has 1 amide bonds. The average Bonchev–Trinajstić information content (AvgIpc) is 3.43. The highest BCUT2D eigenvalue weighted by Gasteiger charge is 2.70. The Balaban J connectivity index is 1.41. The lowest BCUT2D eigenvalue weighted by atomic mass is 9.33. The maximum atomic E-state index is 13.7. The summed E-state index contributed by atoms with van der Waals surface area (Å²) in [4.78, 5) is 31.6. The van der Waals surface area contributed by atoms with Crippen LogP contribution in [0.3, 0.4) is 0 Å². The Morgan fingerprint density at radius 1 is 1.00 bits per heavy atom. The molecular formula is C34H51N3O3. The van der Waals surface area contributed by atoms with Gasteiger partial charge in [-0.15, -0.1) is 0 Å².